The minimum Gasteiger partial charge on any atom is -0.379 e. The van der Waals surface area contributed by atoms with E-state index in [1.807, 2.05) is 18.1 Å². The maximum atomic E-state index is 10.8. The summed E-state index contributed by atoms with van der Waals surface area (Å²) in [7, 11) is 1.97. The van der Waals surface area contributed by atoms with Gasteiger partial charge in [-0.25, -0.2) is 0 Å². The highest BCUT2D eigenvalue weighted by molar-refractivity contribution is 6.32. The Bertz CT molecular complexity index is 557. The second kappa shape index (κ2) is 5.79. The lowest BCUT2D eigenvalue weighted by Crippen LogP contribution is -2.16. The number of hydrogen-bond acceptors (Lipinski definition) is 5. The van der Waals surface area contributed by atoms with Gasteiger partial charge in [0.05, 0.1) is 16.3 Å². The number of nitro benzene ring substituents is 1. The number of rotatable bonds is 3. The third-order valence-electron chi connectivity index (χ3n) is 2.73. The SMILES string of the molecule is CN1C=C(N=Nc2ccc(Cl)c([N+](=O)[O-])c2)CCC1. The molecule has 0 aliphatic carbocycles. The molecule has 0 atom stereocenters. The van der Waals surface area contributed by atoms with Gasteiger partial charge in [-0.2, -0.15) is 10.2 Å². The third-order valence-corrected chi connectivity index (χ3v) is 3.05. The van der Waals surface area contributed by atoms with Crippen molar-refractivity contribution in [3.63, 3.8) is 0 Å². The summed E-state index contributed by atoms with van der Waals surface area (Å²) >= 11 is 5.73. The molecule has 100 valence electrons. The summed E-state index contributed by atoms with van der Waals surface area (Å²) in [6, 6.07) is 4.38. The lowest BCUT2D eigenvalue weighted by Gasteiger charge is -2.19. The predicted octanol–water partition coefficient (Wildman–Crippen LogP) is 3.90. The summed E-state index contributed by atoms with van der Waals surface area (Å²) in [6.45, 7) is 1.01. The van der Waals surface area contributed by atoms with Crippen LogP contribution in [0.25, 0.3) is 0 Å². The van der Waals surface area contributed by atoms with E-state index >= 15 is 0 Å². The quantitative estimate of drug-likeness (QED) is 0.479. The van der Waals surface area contributed by atoms with Crippen LogP contribution in [0.4, 0.5) is 11.4 Å². The Morgan fingerprint density at radius 2 is 2.21 bits per heavy atom. The van der Waals surface area contributed by atoms with E-state index < -0.39 is 4.92 Å². The molecule has 0 amide bonds. The Hall–Kier alpha value is -1.95. The molecule has 0 saturated heterocycles. The van der Waals surface area contributed by atoms with Gasteiger partial charge in [-0.15, -0.1) is 0 Å². The van der Waals surface area contributed by atoms with Gasteiger partial charge >= 0.3 is 0 Å². The van der Waals surface area contributed by atoms with Crippen molar-refractivity contribution in [1.29, 1.82) is 0 Å². The second-order valence-corrected chi connectivity index (χ2v) is 4.70. The lowest BCUT2D eigenvalue weighted by molar-refractivity contribution is -0.384. The summed E-state index contributed by atoms with van der Waals surface area (Å²) < 4.78 is 0. The maximum Gasteiger partial charge on any atom is 0.290 e. The van der Waals surface area contributed by atoms with Gasteiger partial charge in [0.25, 0.3) is 5.69 Å². The predicted molar refractivity (Wildman–Crippen MR) is 72.6 cm³/mol. The molecule has 0 bridgehead atoms. The molecule has 0 saturated carbocycles. The highest BCUT2D eigenvalue weighted by atomic mass is 35.5. The summed E-state index contributed by atoms with van der Waals surface area (Å²) in [4.78, 5) is 12.3. The van der Waals surface area contributed by atoms with Crippen molar-refractivity contribution in [2.24, 2.45) is 10.2 Å². The number of halogens is 1. The Balaban J connectivity index is 2.19. The molecular formula is C12H13ClN4O2. The first-order valence-electron chi connectivity index (χ1n) is 5.83. The Kier molecular flexibility index (Phi) is 4.11. The van der Waals surface area contributed by atoms with Crippen molar-refractivity contribution in [3.05, 3.63) is 45.2 Å². The highest BCUT2D eigenvalue weighted by Crippen LogP contribution is 2.29. The maximum absolute atomic E-state index is 10.8. The van der Waals surface area contributed by atoms with Crippen LogP contribution < -0.4 is 0 Å². The third kappa shape index (κ3) is 3.51. The number of benzene rings is 1. The Morgan fingerprint density at radius 1 is 1.42 bits per heavy atom. The monoisotopic (exact) mass is 280 g/mol. The van der Waals surface area contributed by atoms with Crippen LogP contribution in [0.5, 0.6) is 0 Å². The standard InChI is InChI=1S/C12H13ClN4O2/c1-16-6-2-3-10(8-16)15-14-9-4-5-11(13)12(7-9)17(18)19/h4-5,7-8H,2-3,6H2,1H3. The molecule has 6 nitrogen and oxygen atoms in total. The van der Waals surface area contributed by atoms with Crippen LogP contribution >= 0.6 is 11.6 Å². The molecule has 0 spiro atoms. The molecule has 7 heteroatoms. The first-order valence-corrected chi connectivity index (χ1v) is 6.20. The van der Waals surface area contributed by atoms with E-state index in [9.17, 15) is 10.1 Å². The largest absolute Gasteiger partial charge is 0.379 e. The number of nitro groups is 1. The smallest absolute Gasteiger partial charge is 0.290 e. The minimum atomic E-state index is -0.533. The zero-order chi connectivity index (χ0) is 13.8. The van der Waals surface area contributed by atoms with E-state index in [0.717, 1.165) is 25.1 Å². The molecular weight excluding hydrogens is 268 g/mol. The average Bonchev–Trinajstić information content (AvgIpc) is 2.37. The van der Waals surface area contributed by atoms with Crippen molar-refractivity contribution < 1.29 is 4.92 Å². The molecule has 0 radical (unpaired) electrons. The summed E-state index contributed by atoms with van der Waals surface area (Å²) in [5, 5.41) is 19.0. The second-order valence-electron chi connectivity index (χ2n) is 4.30. The Labute approximate surface area is 115 Å². The van der Waals surface area contributed by atoms with Gasteiger partial charge in [-0.05, 0) is 25.0 Å². The summed E-state index contributed by atoms with van der Waals surface area (Å²) in [5.41, 5.74) is 1.13. The van der Waals surface area contributed by atoms with E-state index in [1.54, 1.807) is 6.07 Å². The van der Waals surface area contributed by atoms with Crippen LogP contribution in [-0.2, 0) is 0 Å². The van der Waals surface area contributed by atoms with Gasteiger partial charge in [0.2, 0.25) is 0 Å². The Morgan fingerprint density at radius 3 is 2.89 bits per heavy atom. The van der Waals surface area contributed by atoms with Gasteiger partial charge in [0.15, 0.2) is 0 Å². The van der Waals surface area contributed by atoms with E-state index in [4.69, 9.17) is 11.6 Å². The van der Waals surface area contributed by atoms with Gasteiger partial charge in [0.1, 0.15) is 5.02 Å². The lowest BCUT2D eigenvalue weighted by atomic mass is 10.2. The molecule has 1 heterocycles. The number of nitrogens with zero attached hydrogens (tertiary/aromatic N) is 4. The summed E-state index contributed by atoms with van der Waals surface area (Å²) in [5.74, 6) is 0. The molecule has 0 aromatic heterocycles. The molecule has 1 aliphatic rings. The van der Waals surface area contributed by atoms with Crippen LogP contribution in [0.2, 0.25) is 5.02 Å². The molecule has 1 aromatic carbocycles. The van der Waals surface area contributed by atoms with Crippen LogP contribution in [0.15, 0.2) is 40.3 Å². The topological polar surface area (TPSA) is 71.1 Å². The normalized spacial score (nSPS) is 15.7. The molecule has 1 aliphatic heterocycles. The van der Waals surface area contributed by atoms with Crippen molar-refractivity contribution in [1.82, 2.24) is 4.90 Å². The van der Waals surface area contributed by atoms with Crippen LogP contribution in [0.1, 0.15) is 12.8 Å². The van der Waals surface area contributed by atoms with Gasteiger partial charge in [0, 0.05) is 25.9 Å². The van der Waals surface area contributed by atoms with E-state index in [0.29, 0.717) is 5.69 Å². The molecule has 2 rings (SSSR count). The molecule has 0 N–H and O–H groups in total. The fourth-order valence-corrected chi connectivity index (χ4v) is 1.98. The molecule has 0 unspecified atom stereocenters. The number of allylic oxidation sites excluding steroid dienone is 1. The first-order chi connectivity index (χ1) is 9.06. The van der Waals surface area contributed by atoms with Gasteiger partial charge in [-0.3, -0.25) is 10.1 Å². The molecule has 1 aromatic rings. The zero-order valence-corrected chi connectivity index (χ0v) is 11.2. The highest BCUT2D eigenvalue weighted by Gasteiger charge is 2.12. The summed E-state index contributed by atoms with van der Waals surface area (Å²) in [6.07, 6.45) is 3.82. The fraction of sp³-hybridized carbons (Fsp3) is 0.333. The van der Waals surface area contributed by atoms with Gasteiger partial charge in [-0.1, -0.05) is 11.6 Å². The molecule has 0 fully saturated rings. The van der Waals surface area contributed by atoms with Crippen molar-refractivity contribution in [2.45, 2.75) is 12.8 Å². The van der Waals surface area contributed by atoms with Crippen molar-refractivity contribution in [2.75, 3.05) is 13.6 Å². The van der Waals surface area contributed by atoms with E-state index in [1.165, 1.54) is 12.1 Å². The van der Waals surface area contributed by atoms with Crippen molar-refractivity contribution in [3.8, 4) is 0 Å². The average molecular weight is 281 g/mol. The van der Waals surface area contributed by atoms with Crippen LogP contribution in [0.3, 0.4) is 0 Å². The van der Waals surface area contributed by atoms with Crippen molar-refractivity contribution >= 4 is 23.0 Å². The number of hydrogen-bond donors (Lipinski definition) is 0. The van der Waals surface area contributed by atoms with E-state index in [-0.39, 0.29) is 10.7 Å². The molecule has 19 heavy (non-hydrogen) atoms. The zero-order valence-electron chi connectivity index (χ0n) is 10.4. The first kappa shape index (κ1) is 13.5. The minimum absolute atomic E-state index is 0.0977. The van der Waals surface area contributed by atoms with Gasteiger partial charge < -0.3 is 4.90 Å². The van der Waals surface area contributed by atoms with E-state index in [2.05, 4.69) is 10.2 Å². The number of azo groups is 1. The fourth-order valence-electron chi connectivity index (χ4n) is 1.79. The van der Waals surface area contributed by atoms with Crippen LogP contribution in [0, 0.1) is 10.1 Å². The van der Waals surface area contributed by atoms with Crippen LogP contribution in [-0.4, -0.2) is 23.4 Å².